The molecule has 8 nitrogen and oxygen atoms in total. The number of fused-ring (bicyclic) bond motifs is 1. The molecule has 2 heterocycles. The average molecular weight is 542 g/mol. The monoisotopic (exact) mass is 541 g/mol. The number of aliphatic imine (C=N–C) groups is 1. The van der Waals surface area contributed by atoms with Crippen molar-refractivity contribution in [2.24, 2.45) is 4.99 Å². The molecular weight excluding hydrogens is 510 g/mol. The van der Waals surface area contributed by atoms with Gasteiger partial charge in [-0.1, -0.05) is 41.9 Å². The Balaban J connectivity index is 1.56. The molecular formula is C27H32ClN5O3S. The number of carbonyl (C=O) groups is 2. The van der Waals surface area contributed by atoms with E-state index in [-0.39, 0.29) is 12.0 Å². The van der Waals surface area contributed by atoms with Gasteiger partial charge >= 0.3 is 6.09 Å². The highest BCUT2D eigenvalue weighted by Gasteiger charge is 2.32. The predicted octanol–water partition coefficient (Wildman–Crippen LogP) is 4.30. The van der Waals surface area contributed by atoms with Gasteiger partial charge < -0.3 is 24.8 Å². The number of nitrogens with one attached hydrogen (secondary N) is 1. The van der Waals surface area contributed by atoms with Crippen LogP contribution in [0.2, 0.25) is 5.02 Å². The van der Waals surface area contributed by atoms with Gasteiger partial charge in [0.15, 0.2) is 5.11 Å². The highest BCUT2D eigenvalue weighted by Crippen LogP contribution is 2.30. The fraction of sp³-hybridized carbons (Fsp3) is 0.407. The maximum absolute atomic E-state index is 13.5. The lowest BCUT2D eigenvalue weighted by Gasteiger charge is -2.28. The third kappa shape index (κ3) is 6.40. The Bertz CT molecular complexity index is 1210. The normalized spacial score (nSPS) is 18.4. The third-order valence-corrected chi connectivity index (χ3v) is 6.75. The smallest absolute Gasteiger partial charge is 0.410 e. The number of amides is 2. The van der Waals surface area contributed by atoms with Crippen LogP contribution in [-0.2, 0) is 9.53 Å². The van der Waals surface area contributed by atoms with Crippen molar-refractivity contribution in [3.63, 3.8) is 0 Å². The Morgan fingerprint density at radius 3 is 2.46 bits per heavy atom. The highest BCUT2D eigenvalue weighted by atomic mass is 35.5. The van der Waals surface area contributed by atoms with Crippen molar-refractivity contribution < 1.29 is 14.3 Å². The van der Waals surface area contributed by atoms with E-state index >= 15 is 0 Å². The molecule has 0 aliphatic carbocycles. The zero-order chi connectivity index (χ0) is 26.7. The van der Waals surface area contributed by atoms with Gasteiger partial charge in [-0.05, 0) is 57.6 Å². The van der Waals surface area contributed by atoms with Crippen LogP contribution in [0.4, 0.5) is 10.5 Å². The molecule has 1 saturated heterocycles. The molecule has 0 spiro atoms. The second kappa shape index (κ2) is 11.1. The molecule has 1 fully saturated rings. The van der Waals surface area contributed by atoms with Gasteiger partial charge in [0.05, 0.1) is 11.4 Å². The largest absolute Gasteiger partial charge is 0.444 e. The van der Waals surface area contributed by atoms with Crippen LogP contribution in [0.5, 0.6) is 0 Å². The molecule has 37 heavy (non-hydrogen) atoms. The number of benzodiazepines with no additional fused rings is 1. The van der Waals surface area contributed by atoms with E-state index in [1.807, 2.05) is 68.1 Å². The van der Waals surface area contributed by atoms with E-state index in [0.717, 1.165) is 23.2 Å². The van der Waals surface area contributed by atoms with Gasteiger partial charge in [-0.15, -0.1) is 0 Å². The minimum atomic E-state index is -0.927. The Morgan fingerprint density at radius 1 is 1.08 bits per heavy atom. The Morgan fingerprint density at radius 2 is 1.76 bits per heavy atom. The molecule has 2 aliphatic heterocycles. The van der Waals surface area contributed by atoms with E-state index in [9.17, 15) is 9.59 Å². The average Bonchev–Trinajstić information content (AvgIpc) is 3.16. The molecule has 196 valence electrons. The van der Waals surface area contributed by atoms with E-state index in [4.69, 9.17) is 33.5 Å². The summed E-state index contributed by atoms with van der Waals surface area (Å²) in [6.45, 7) is 7.77. The number of benzene rings is 2. The molecule has 0 saturated carbocycles. The van der Waals surface area contributed by atoms with Crippen LogP contribution in [0.25, 0.3) is 0 Å². The second-order valence-electron chi connectivity index (χ2n) is 10.1. The first kappa shape index (κ1) is 26.9. The number of hydrogen-bond acceptors (Lipinski definition) is 5. The van der Waals surface area contributed by atoms with Gasteiger partial charge in [-0.3, -0.25) is 4.79 Å². The van der Waals surface area contributed by atoms with Gasteiger partial charge in [-0.2, -0.15) is 0 Å². The second-order valence-corrected chi connectivity index (χ2v) is 10.9. The summed E-state index contributed by atoms with van der Waals surface area (Å²) in [7, 11) is 1.72. The molecule has 1 N–H and O–H groups in total. The molecule has 1 unspecified atom stereocenters. The summed E-state index contributed by atoms with van der Waals surface area (Å²) >= 11 is 12.1. The number of thiocarbonyl (C=S) groups is 1. The topological polar surface area (TPSA) is 77.5 Å². The first-order valence-corrected chi connectivity index (χ1v) is 13.1. The van der Waals surface area contributed by atoms with Gasteiger partial charge in [0.1, 0.15) is 5.60 Å². The van der Waals surface area contributed by atoms with Crippen LogP contribution in [0.3, 0.4) is 0 Å². The zero-order valence-electron chi connectivity index (χ0n) is 21.5. The van der Waals surface area contributed by atoms with E-state index in [1.54, 1.807) is 22.9 Å². The predicted molar refractivity (Wildman–Crippen MR) is 150 cm³/mol. The maximum atomic E-state index is 13.5. The number of likely N-dealkylation sites (N-methyl/N-ethyl adjacent to an activating group) is 1. The summed E-state index contributed by atoms with van der Waals surface area (Å²) < 4.78 is 5.53. The standard InChI is InChI=1S/C27H32ClN5O3S/c1-27(2,3)36-26(35)33-14-8-13-32(15-16-33)25(37)30-23-24(34)31(4)21-12-11-19(28)17-20(21)22(29-23)18-9-6-5-7-10-18/h5-7,9-12,17,23H,8,13-16H2,1-4H3,(H,30,37). The fourth-order valence-corrected chi connectivity index (χ4v) is 4.77. The number of hydrogen-bond donors (Lipinski definition) is 1. The van der Waals surface area contributed by atoms with E-state index in [2.05, 4.69) is 5.32 Å². The zero-order valence-corrected chi connectivity index (χ0v) is 23.1. The van der Waals surface area contributed by atoms with Crippen molar-refractivity contribution in [2.45, 2.75) is 39.0 Å². The third-order valence-electron chi connectivity index (χ3n) is 6.14. The van der Waals surface area contributed by atoms with Crippen LogP contribution in [0, 0.1) is 0 Å². The van der Waals surface area contributed by atoms with Crippen molar-refractivity contribution in [3.05, 3.63) is 64.7 Å². The van der Waals surface area contributed by atoms with Crippen LogP contribution >= 0.6 is 23.8 Å². The van der Waals surface area contributed by atoms with E-state index in [0.29, 0.717) is 42.0 Å². The lowest BCUT2D eigenvalue weighted by molar-refractivity contribution is -0.119. The maximum Gasteiger partial charge on any atom is 0.410 e. The fourth-order valence-electron chi connectivity index (χ4n) is 4.30. The first-order valence-electron chi connectivity index (χ1n) is 12.3. The van der Waals surface area contributed by atoms with Crippen LogP contribution in [0.1, 0.15) is 38.3 Å². The highest BCUT2D eigenvalue weighted by molar-refractivity contribution is 7.80. The molecule has 2 aromatic carbocycles. The summed E-state index contributed by atoms with van der Waals surface area (Å²) in [6.07, 6.45) is -0.534. The van der Waals surface area contributed by atoms with Crippen LogP contribution in [0.15, 0.2) is 53.5 Å². The Labute approximate surface area is 228 Å². The van der Waals surface area contributed by atoms with Gasteiger partial charge in [0, 0.05) is 49.4 Å². The van der Waals surface area contributed by atoms with Crippen molar-refractivity contribution >= 4 is 52.3 Å². The molecule has 0 bridgehead atoms. The van der Waals surface area contributed by atoms with Crippen molar-refractivity contribution in [3.8, 4) is 0 Å². The minimum absolute atomic E-state index is 0.234. The minimum Gasteiger partial charge on any atom is -0.444 e. The summed E-state index contributed by atoms with van der Waals surface area (Å²) in [4.78, 5) is 36.2. The van der Waals surface area contributed by atoms with E-state index < -0.39 is 11.8 Å². The lowest BCUT2D eigenvalue weighted by atomic mass is 10.0. The number of halogens is 1. The van der Waals surface area contributed by atoms with Crippen molar-refractivity contribution in [1.29, 1.82) is 0 Å². The number of carbonyl (C=O) groups excluding carboxylic acids is 2. The quantitative estimate of drug-likeness (QED) is 0.571. The summed E-state index contributed by atoms with van der Waals surface area (Å²) in [5, 5.41) is 4.15. The molecule has 2 amide bonds. The summed E-state index contributed by atoms with van der Waals surface area (Å²) in [5.74, 6) is -0.234. The molecule has 0 aromatic heterocycles. The number of anilines is 1. The van der Waals surface area contributed by atoms with Gasteiger partial charge in [0.2, 0.25) is 6.17 Å². The summed E-state index contributed by atoms with van der Waals surface area (Å²) in [6, 6.07) is 15.1. The molecule has 0 radical (unpaired) electrons. The SMILES string of the molecule is CN1C(=O)C(NC(=S)N2CCCN(C(=O)OC(C)(C)C)CC2)N=C(c2ccccc2)c2cc(Cl)ccc21. The molecule has 2 aliphatic rings. The molecule has 4 rings (SSSR count). The lowest BCUT2D eigenvalue weighted by Crippen LogP contribution is -2.51. The Kier molecular flexibility index (Phi) is 8.04. The molecule has 1 atom stereocenters. The molecule has 10 heteroatoms. The number of ether oxygens (including phenoxy) is 1. The Hall–Kier alpha value is -3.17. The van der Waals surface area contributed by atoms with Gasteiger partial charge in [0.25, 0.3) is 5.91 Å². The molecule has 2 aromatic rings. The number of nitrogens with zero attached hydrogens (tertiary/aromatic N) is 4. The van der Waals surface area contributed by atoms with Gasteiger partial charge in [-0.25, -0.2) is 9.79 Å². The van der Waals surface area contributed by atoms with Crippen LogP contribution < -0.4 is 10.2 Å². The van der Waals surface area contributed by atoms with Crippen LogP contribution in [-0.4, -0.2) is 77.6 Å². The van der Waals surface area contributed by atoms with Crippen molar-refractivity contribution in [2.75, 3.05) is 38.1 Å². The van der Waals surface area contributed by atoms with E-state index in [1.165, 1.54) is 0 Å². The van der Waals surface area contributed by atoms with Crippen molar-refractivity contribution in [1.82, 2.24) is 15.1 Å². The summed E-state index contributed by atoms with van der Waals surface area (Å²) in [5.41, 5.74) is 2.46. The first-order chi connectivity index (χ1) is 17.5. The number of rotatable bonds is 2.